The van der Waals surface area contributed by atoms with Crippen molar-refractivity contribution >= 4 is 5.78 Å². The van der Waals surface area contributed by atoms with Crippen molar-refractivity contribution in [2.45, 2.75) is 20.8 Å². The topological polar surface area (TPSA) is 52.3 Å². The summed E-state index contributed by atoms with van der Waals surface area (Å²) in [6.07, 6.45) is 0. The zero-order valence-corrected chi connectivity index (χ0v) is 8.70. The molecular weight excluding hydrogens is 180 g/mol. The van der Waals surface area contributed by atoms with Gasteiger partial charge in [0.15, 0.2) is 5.75 Å². The first kappa shape index (κ1) is 8.93. The summed E-state index contributed by atoms with van der Waals surface area (Å²) in [6, 6.07) is 0. The van der Waals surface area contributed by atoms with Gasteiger partial charge >= 0.3 is 0 Å². The number of ether oxygens (including phenoxy) is 1. The third-order valence-electron chi connectivity index (χ3n) is 2.14. The summed E-state index contributed by atoms with van der Waals surface area (Å²) in [5.74, 6) is 2.11. The number of hydrogen-bond acceptors (Lipinski definition) is 4. The van der Waals surface area contributed by atoms with Crippen molar-refractivity contribution in [3.8, 4) is 5.75 Å². The largest absolute Gasteiger partial charge is 0.493 e. The fraction of sp³-hybridized carbons (Fsp3) is 0.444. The second kappa shape index (κ2) is 2.94. The average molecular weight is 192 g/mol. The second-order valence-electron chi connectivity index (χ2n) is 3.19. The van der Waals surface area contributed by atoms with Crippen LogP contribution in [0, 0.1) is 20.8 Å². The van der Waals surface area contributed by atoms with Gasteiger partial charge in [-0.05, 0) is 20.8 Å². The Labute approximate surface area is 81.8 Å². The highest BCUT2D eigenvalue weighted by Gasteiger charge is 2.11. The number of nitrogens with zero attached hydrogens (tertiary/aromatic N) is 4. The summed E-state index contributed by atoms with van der Waals surface area (Å²) in [5, 5.41) is 4.23. The molecule has 0 aliphatic carbocycles. The molecule has 0 atom stereocenters. The van der Waals surface area contributed by atoms with Gasteiger partial charge in [-0.3, -0.25) is 0 Å². The van der Waals surface area contributed by atoms with Crippen LogP contribution < -0.4 is 4.74 Å². The van der Waals surface area contributed by atoms with Crippen LogP contribution in [0.25, 0.3) is 5.78 Å². The molecule has 14 heavy (non-hydrogen) atoms. The molecule has 0 amide bonds. The van der Waals surface area contributed by atoms with Gasteiger partial charge in [0.25, 0.3) is 5.78 Å². The monoisotopic (exact) mass is 192 g/mol. The fourth-order valence-corrected chi connectivity index (χ4v) is 1.56. The molecule has 0 aliphatic heterocycles. The molecule has 0 aromatic carbocycles. The van der Waals surface area contributed by atoms with E-state index < -0.39 is 0 Å². The molecule has 0 aliphatic rings. The smallest absolute Gasteiger partial charge is 0.253 e. The third-order valence-corrected chi connectivity index (χ3v) is 2.14. The van der Waals surface area contributed by atoms with E-state index in [4.69, 9.17) is 4.74 Å². The molecule has 5 heteroatoms. The maximum absolute atomic E-state index is 5.24. The highest BCUT2D eigenvalue weighted by atomic mass is 16.5. The molecule has 2 aromatic rings. The summed E-state index contributed by atoms with van der Waals surface area (Å²) in [5.41, 5.74) is 1.76. The first-order chi connectivity index (χ1) is 6.63. The number of hydrogen-bond donors (Lipinski definition) is 0. The van der Waals surface area contributed by atoms with Crippen molar-refractivity contribution in [3.63, 3.8) is 0 Å². The first-order valence-electron chi connectivity index (χ1n) is 4.38. The molecule has 0 radical (unpaired) electrons. The third kappa shape index (κ3) is 1.13. The van der Waals surface area contributed by atoms with Gasteiger partial charge in [0.1, 0.15) is 5.82 Å². The zero-order chi connectivity index (χ0) is 10.3. The van der Waals surface area contributed by atoms with Crippen molar-refractivity contribution in [3.05, 3.63) is 17.2 Å². The maximum atomic E-state index is 5.24. The minimum absolute atomic E-state index is 0.623. The van der Waals surface area contributed by atoms with E-state index in [1.165, 1.54) is 0 Å². The predicted octanol–water partition coefficient (Wildman–Crippen LogP) is 1.06. The Morgan fingerprint density at radius 1 is 1.14 bits per heavy atom. The molecule has 0 saturated heterocycles. The normalized spacial score (nSPS) is 10.9. The number of rotatable bonds is 1. The Kier molecular flexibility index (Phi) is 1.87. The van der Waals surface area contributed by atoms with Crippen LogP contribution in [-0.2, 0) is 0 Å². The molecule has 2 aromatic heterocycles. The van der Waals surface area contributed by atoms with Crippen molar-refractivity contribution in [1.82, 2.24) is 19.6 Å². The minimum Gasteiger partial charge on any atom is -0.493 e. The van der Waals surface area contributed by atoms with Gasteiger partial charge in [-0.1, -0.05) is 0 Å². The number of fused-ring (bicyclic) bond motifs is 1. The van der Waals surface area contributed by atoms with Crippen LogP contribution in [0.3, 0.4) is 0 Å². The number of methoxy groups -OCH3 is 1. The van der Waals surface area contributed by atoms with E-state index in [9.17, 15) is 0 Å². The van der Waals surface area contributed by atoms with E-state index in [0.717, 1.165) is 17.1 Å². The molecular formula is C9H12N4O. The Hall–Kier alpha value is -1.65. The summed E-state index contributed by atoms with van der Waals surface area (Å²) < 4.78 is 6.94. The maximum Gasteiger partial charge on any atom is 0.253 e. The number of aromatic nitrogens is 4. The van der Waals surface area contributed by atoms with E-state index in [-0.39, 0.29) is 0 Å². The van der Waals surface area contributed by atoms with Gasteiger partial charge in [-0.15, -0.1) is 5.10 Å². The van der Waals surface area contributed by atoms with E-state index in [2.05, 4.69) is 15.1 Å². The van der Waals surface area contributed by atoms with E-state index in [1.54, 1.807) is 11.6 Å². The summed E-state index contributed by atoms with van der Waals surface area (Å²) in [6.45, 7) is 5.68. The Bertz CT molecular complexity index is 489. The summed E-state index contributed by atoms with van der Waals surface area (Å²) >= 11 is 0. The van der Waals surface area contributed by atoms with E-state index in [0.29, 0.717) is 11.6 Å². The van der Waals surface area contributed by atoms with Crippen molar-refractivity contribution in [1.29, 1.82) is 0 Å². The highest BCUT2D eigenvalue weighted by molar-refractivity contribution is 5.40. The molecule has 0 bridgehead atoms. The molecule has 74 valence electrons. The Morgan fingerprint density at radius 3 is 2.50 bits per heavy atom. The average Bonchev–Trinajstić information content (AvgIpc) is 2.47. The molecule has 0 unspecified atom stereocenters. The Balaban J connectivity index is 2.84. The lowest BCUT2D eigenvalue weighted by Gasteiger charge is -2.07. The van der Waals surface area contributed by atoms with Crippen LogP contribution in [0.4, 0.5) is 0 Å². The molecule has 0 saturated carbocycles. The van der Waals surface area contributed by atoms with Crippen molar-refractivity contribution in [2.75, 3.05) is 7.11 Å². The van der Waals surface area contributed by atoms with Gasteiger partial charge in [0, 0.05) is 0 Å². The highest BCUT2D eigenvalue weighted by Crippen LogP contribution is 2.20. The van der Waals surface area contributed by atoms with Crippen molar-refractivity contribution in [2.24, 2.45) is 0 Å². The van der Waals surface area contributed by atoms with Gasteiger partial charge < -0.3 is 4.74 Å². The van der Waals surface area contributed by atoms with Gasteiger partial charge in [0.05, 0.1) is 18.5 Å². The molecule has 2 heterocycles. The minimum atomic E-state index is 0.623. The summed E-state index contributed by atoms with van der Waals surface area (Å²) in [7, 11) is 1.63. The molecule has 0 spiro atoms. The van der Waals surface area contributed by atoms with E-state index in [1.807, 2.05) is 20.8 Å². The predicted molar refractivity (Wildman–Crippen MR) is 51.5 cm³/mol. The lowest BCUT2D eigenvalue weighted by atomic mass is 10.3. The summed E-state index contributed by atoms with van der Waals surface area (Å²) in [4.78, 5) is 8.49. The van der Waals surface area contributed by atoms with Crippen LogP contribution in [0.15, 0.2) is 0 Å². The molecule has 0 N–H and O–H groups in total. The van der Waals surface area contributed by atoms with E-state index >= 15 is 0 Å². The number of aryl methyl sites for hydroxylation is 3. The molecule has 0 fully saturated rings. The van der Waals surface area contributed by atoms with Crippen molar-refractivity contribution < 1.29 is 4.74 Å². The Morgan fingerprint density at radius 2 is 1.86 bits per heavy atom. The van der Waals surface area contributed by atoms with Crippen LogP contribution in [0.5, 0.6) is 5.75 Å². The van der Waals surface area contributed by atoms with Gasteiger partial charge in [0.2, 0.25) is 0 Å². The quantitative estimate of drug-likeness (QED) is 0.678. The standard InChI is InChI=1S/C9H12N4O/c1-5-8(14-4)6(2)13-9(10-5)11-7(3)12-13/h1-4H3. The van der Waals surface area contributed by atoms with Gasteiger partial charge in [-0.2, -0.15) is 9.50 Å². The van der Waals surface area contributed by atoms with Crippen LogP contribution in [0.1, 0.15) is 17.2 Å². The second-order valence-corrected chi connectivity index (χ2v) is 3.19. The first-order valence-corrected chi connectivity index (χ1v) is 4.38. The molecule has 2 rings (SSSR count). The van der Waals surface area contributed by atoms with Crippen LogP contribution in [0.2, 0.25) is 0 Å². The van der Waals surface area contributed by atoms with Crippen LogP contribution >= 0.6 is 0 Å². The SMILES string of the molecule is COc1c(C)nc2nc(C)nn2c1C. The van der Waals surface area contributed by atoms with Gasteiger partial charge in [-0.25, -0.2) is 4.98 Å². The lowest BCUT2D eigenvalue weighted by molar-refractivity contribution is 0.401. The zero-order valence-electron chi connectivity index (χ0n) is 8.70. The molecule has 5 nitrogen and oxygen atoms in total. The fourth-order valence-electron chi connectivity index (χ4n) is 1.56. The van der Waals surface area contributed by atoms with Crippen LogP contribution in [-0.4, -0.2) is 26.7 Å². The lowest BCUT2D eigenvalue weighted by Crippen LogP contribution is -2.02.